The smallest absolute Gasteiger partial charge is 0.320 e. The molecule has 0 spiro atoms. The van der Waals surface area contributed by atoms with E-state index < -0.39 is 12.0 Å². The summed E-state index contributed by atoms with van der Waals surface area (Å²) in [6.07, 6.45) is 4.67. The minimum absolute atomic E-state index is 0.148. The topological polar surface area (TPSA) is 72.5 Å². The van der Waals surface area contributed by atoms with E-state index in [1.165, 1.54) is 0 Å². The second kappa shape index (κ2) is 5.61. The third-order valence-corrected chi connectivity index (χ3v) is 4.17. The maximum Gasteiger partial charge on any atom is 0.320 e. The molecule has 1 fully saturated rings. The van der Waals surface area contributed by atoms with Gasteiger partial charge in [-0.05, 0) is 25.3 Å². The lowest BCUT2D eigenvalue weighted by Gasteiger charge is -2.32. The Morgan fingerprint density at radius 2 is 2.05 bits per heavy atom. The number of carboxylic acid groups (broad SMARTS) is 1. The van der Waals surface area contributed by atoms with Crippen molar-refractivity contribution in [2.75, 3.05) is 7.11 Å². The van der Waals surface area contributed by atoms with E-state index in [4.69, 9.17) is 15.6 Å². The Balaban J connectivity index is 2.36. The van der Waals surface area contributed by atoms with Crippen LogP contribution in [0.15, 0.2) is 24.3 Å². The third kappa shape index (κ3) is 2.73. The number of para-hydroxylation sites is 1. The van der Waals surface area contributed by atoms with E-state index in [0.29, 0.717) is 6.42 Å². The minimum Gasteiger partial charge on any atom is -0.496 e. The molecule has 0 bridgehead atoms. The molecule has 1 aliphatic rings. The summed E-state index contributed by atoms with van der Waals surface area (Å²) in [5.74, 6) is -0.0943. The second-order valence-corrected chi connectivity index (χ2v) is 5.34. The van der Waals surface area contributed by atoms with E-state index in [1.54, 1.807) is 7.11 Å². The Bertz CT molecular complexity index is 452. The van der Waals surface area contributed by atoms with Gasteiger partial charge < -0.3 is 15.6 Å². The van der Waals surface area contributed by atoms with E-state index in [2.05, 4.69) is 0 Å². The number of hydrogen-bond acceptors (Lipinski definition) is 3. The van der Waals surface area contributed by atoms with Gasteiger partial charge in [0.15, 0.2) is 0 Å². The summed E-state index contributed by atoms with van der Waals surface area (Å²) in [5.41, 5.74) is 6.73. The first-order valence-electron chi connectivity index (χ1n) is 6.71. The molecule has 1 aliphatic carbocycles. The van der Waals surface area contributed by atoms with Gasteiger partial charge in [-0.15, -0.1) is 0 Å². The highest BCUT2D eigenvalue weighted by atomic mass is 16.5. The van der Waals surface area contributed by atoms with Crippen molar-refractivity contribution in [2.45, 2.75) is 43.6 Å². The molecule has 1 atom stereocenters. The van der Waals surface area contributed by atoms with E-state index in [-0.39, 0.29) is 5.41 Å². The monoisotopic (exact) mass is 263 g/mol. The van der Waals surface area contributed by atoms with Crippen LogP contribution in [0.3, 0.4) is 0 Å². The van der Waals surface area contributed by atoms with Crippen LogP contribution in [0.2, 0.25) is 0 Å². The lowest BCUT2D eigenvalue weighted by molar-refractivity contribution is -0.139. The Hall–Kier alpha value is -1.55. The van der Waals surface area contributed by atoms with Crippen LogP contribution in [0, 0.1) is 0 Å². The molecular formula is C15H21NO3. The molecule has 0 heterocycles. The predicted octanol–water partition coefficient (Wildman–Crippen LogP) is 2.31. The quantitative estimate of drug-likeness (QED) is 0.855. The number of carbonyl (C=O) groups is 1. The van der Waals surface area contributed by atoms with Gasteiger partial charge in [0.25, 0.3) is 0 Å². The van der Waals surface area contributed by atoms with Gasteiger partial charge in [0.05, 0.1) is 7.11 Å². The number of hydrogen-bond donors (Lipinski definition) is 2. The number of carboxylic acids is 1. The maximum atomic E-state index is 11.1. The highest BCUT2D eigenvalue weighted by molar-refractivity contribution is 5.73. The Kier molecular flexibility index (Phi) is 4.10. The summed E-state index contributed by atoms with van der Waals surface area (Å²) < 4.78 is 5.44. The average molecular weight is 263 g/mol. The minimum atomic E-state index is -0.929. The van der Waals surface area contributed by atoms with Gasteiger partial charge in [-0.2, -0.15) is 0 Å². The van der Waals surface area contributed by atoms with Crippen LogP contribution in [0.4, 0.5) is 0 Å². The number of ether oxygens (including phenoxy) is 1. The van der Waals surface area contributed by atoms with Crippen LogP contribution < -0.4 is 10.5 Å². The molecule has 19 heavy (non-hydrogen) atoms. The molecule has 0 aliphatic heterocycles. The Morgan fingerprint density at radius 3 is 2.63 bits per heavy atom. The molecular weight excluding hydrogens is 242 g/mol. The van der Waals surface area contributed by atoms with Crippen molar-refractivity contribution in [1.82, 2.24) is 0 Å². The summed E-state index contributed by atoms with van der Waals surface area (Å²) >= 11 is 0. The largest absolute Gasteiger partial charge is 0.496 e. The molecule has 1 saturated carbocycles. The fourth-order valence-corrected chi connectivity index (χ4v) is 3.23. The molecule has 104 valence electrons. The summed E-state index contributed by atoms with van der Waals surface area (Å²) in [7, 11) is 1.65. The fraction of sp³-hybridized carbons (Fsp3) is 0.533. The lowest BCUT2D eigenvalue weighted by atomic mass is 9.73. The number of rotatable bonds is 5. The molecule has 0 amide bonds. The first kappa shape index (κ1) is 13.9. The molecule has 0 saturated heterocycles. The van der Waals surface area contributed by atoms with Crippen LogP contribution in [0.5, 0.6) is 5.75 Å². The normalized spacial score (nSPS) is 19.1. The van der Waals surface area contributed by atoms with Gasteiger partial charge in [-0.25, -0.2) is 0 Å². The first-order valence-corrected chi connectivity index (χ1v) is 6.71. The summed E-state index contributed by atoms with van der Waals surface area (Å²) in [4.78, 5) is 11.1. The molecule has 0 aromatic heterocycles. The zero-order valence-electron chi connectivity index (χ0n) is 11.3. The van der Waals surface area contributed by atoms with E-state index >= 15 is 0 Å². The van der Waals surface area contributed by atoms with Crippen LogP contribution in [0.25, 0.3) is 0 Å². The maximum absolute atomic E-state index is 11.1. The second-order valence-electron chi connectivity index (χ2n) is 5.34. The molecule has 4 heteroatoms. The van der Waals surface area contributed by atoms with Crippen molar-refractivity contribution in [3.8, 4) is 5.75 Å². The molecule has 2 rings (SSSR count). The van der Waals surface area contributed by atoms with Crippen LogP contribution in [0.1, 0.15) is 37.7 Å². The fourth-order valence-electron chi connectivity index (χ4n) is 3.23. The average Bonchev–Trinajstić information content (AvgIpc) is 2.88. The molecule has 1 aromatic carbocycles. The van der Waals surface area contributed by atoms with Gasteiger partial charge in [0, 0.05) is 11.0 Å². The Labute approximate surface area is 113 Å². The zero-order valence-corrected chi connectivity index (χ0v) is 11.3. The number of methoxy groups -OCH3 is 1. The van der Waals surface area contributed by atoms with Crippen molar-refractivity contribution in [3.63, 3.8) is 0 Å². The zero-order chi connectivity index (χ0) is 13.9. The highest BCUT2D eigenvalue weighted by Crippen LogP contribution is 2.47. The number of benzene rings is 1. The van der Waals surface area contributed by atoms with Gasteiger partial charge in [0.1, 0.15) is 11.8 Å². The van der Waals surface area contributed by atoms with E-state index in [9.17, 15) is 4.79 Å². The van der Waals surface area contributed by atoms with E-state index in [0.717, 1.165) is 37.0 Å². The van der Waals surface area contributed by atoms with Gasteiger partial charge in [-0.1, -0.05) is 31.0 Å². The lowest BCUT2D eigenvalue weighted by Crippen LogP contribution is -2.38. The van der Waals surface area contributed by atoms with Crippen LogP contribution >= 0.6 is 0 Å². The van der Waals surface area contributed by atoms with Crippen molar-refractivity contribution < 1.29 is 14.6 Å². The first-order chi connectivity index (χ1) is 9.09. The van der Waals surface area contributed by atoms with Gasteiger partial charge >= 0.3 is 5.97 Å². The number of nitrogens with two attached hydrogens (primary N) is 1. The summed E-state index contributed by atoms with van der Waals surface area (Å²) in [6.45, 7) is 0. The van der Waals surface area contributed by atoms with Gasteiger partial charge in [-0.3, -0.25) is 4.79 Å². The van der Waals surface area contributed by atoms with Crippen LogP contribution in [-0.4, -0.2) is 24.2 Å². The molecule has 1 unspecified atom stereocenters. The third-order valence-electron chi connectivity index (χ3n) is 4.17. The standard InChI is InChI=1S/C15H21NO3/c1-19-13-7-3-2-6-11(13)15(8-4-5-9-15)10-12(16)14(17)18/h2-3,6-7,12H,4-5,8-10,16H2,1H3,(H,17,18). The molecule has 3 N–H and O–H groups in total. The van der Waals surface area contributed by atoms with Crippen molar-refractivity contribution in [2.24, 2.45) is 5.73 Å². The number of aliphatic carboxylic acids is 1. The highest BCUT2D eigenvalue weighted by Gasteiger charge is 2.40. The van der Waals surface area contributed by atoms with E-state index in [1.807, 2.05) is 24.3 Å². The molecule has 4 nitrogen and oxygen atoms in total. The SMILES string of the molecule is COc1ccccc1C1(CC(N)C(=O)O)CCCC1. The summed E-state index contributed by atoms with van der Waals surface area (Å²) in [5, 5.41) is 9.07. The molecule has 0 radical (unpaired) electrons. The van der Waals surface area contributed by atoms with Crippen molar-refractivity contribution in [1.29, 1.82) is 0 Å². The van der Waals surface area contributed by atoms with Crippen molar-refractivity contribution >= 4 is 5.97 Å². The van der Waals surface area contributed by atoms with Crippen molar-refractivity contribution in [3.05, 3.63) is 29.8 Å². The summed E-state index contributed by atoms with van der Waals surface area (Å²) in [6, 6.07) is 7.07. The van der Waals surface area contributed by atoms with Crippen LogP contribution in [-0.2, 0) is 10.2 Å². The van der Waals surface area contributed by atoms with Gasteiger partial charge in [0.2, 0.25) is 0 Å². The Morgan fingerprint density at radius 1 is 1.42 bits per heavy atom. The predicted molar refractivity (Wildman–Crippen MR) is 73.4 cm³/mol. The molecule has 1 aromatic rings.